The molecule has 0 radical (unpaired) electrons. The van der Waals surface area contributed by atoms with E-state index in [1.807, 2.05) is 31.2 Å². The first-order valence-electron chi connectivity index (χ1n) is 4.13. The first-order valence-corrected chi connectivity index (χ1v) is 4.95. The summed E-state index contributed by atoms with van der Waals surface area (Å²) in [7, 11) is 0. The molecule has 0 fully saturated rings. The lowest BCUT2D eigenvalue weighted by molar-refractivity contribution is 1.21. The Bertz CT molecular complexity index is 471. The molecule has 2 N–H and O–H groups in total. The zero-order valence-electron chi connectivity index (χ0n) is 7.57. The van der Waals surface area contributed by atoms with Crippen molar-refractivity contribution in [2.45, 2.75) is 6.92 Å². The number of aryl methyl sites for hydroxylation is 1. The average molecular weight is 207 g/mol. The maximum Gasteiger partial charge on any atom is 0.357 e. The van der Waals surface area contributed by atoms with Gasteiger partial charge in [-0.25, -0.2) is 4.79 Å². The molecule has 1 heterocycles. The topological polar surface area (TPSA) is 57.8 Å². The number of aromatic amines is 1. The Morgan fingerprint density at radius 2 is 2.07 bits per heavy atom. The van der Waals surface area contributed by atoms with Crippen LogP contribution in [-0.4, -0.2) is 9.36 Å². The smallest absolute Gasteiger partial charge is 0.330 e. The van der Waals surface area contributed by atoms with Crippen LogP contribution in [0, 0.1) is 6.92 Å². The van der Waals surface area contributed by atoms with Gasteiger partial charge in [0.2, 0.25) is 5.13 Å². The van der Waals surface area contributed by atoms with Crippen LogP contribution in [-0.2, 0) is 0 Å². The fourth-order valence-electron chi connectivity index (χ4n) is 1.04. The van der Waals surface area contributed by atoms with E-state index < -0.39 is 0 Å². The van der Waals surface area contributed by atoms with Gasteiger partial charge in [-0.2, -0.15) is 4.98 Å². The van der Waals surface area contributed by atoms with Gasteiger partial charge in [-0.1, -0.05) is 17.7 Å². The number of rotatable bonds is 2. The molecule has 1 aromatic carbocycles. The molecule has 4 nitrogen and oxygen atoms in total. The first kappa shape index (κ1) is 8.96. The Balaban J connectivity index is 2.19. The molecule has 14 heavy (non-hydrogen) atoms. The highest BCUT2D eigenvalue weighted by Gasteiger charge is 1.98. The van der Waals surface area contributed by atoms with Crippen LogP contribution in [0.15, 0.2) is 29.1 Å². The van der Waals surface area contributed by atoms with Gasteiger partial charge in [0.1, 0.15) is 0 Å². The summed E-state index contributed by atoms with van der Waals surface area (Å²) in [6, 6.07) is 7.89. The zero-order valence-corrected chi connectivity index (χ0v) is 8.39. The van der Waals surface area contributed by atoms with Crippen molar-refractivity contribution in [3.8, 4) is 0 Å². The Labute approximate surface area is 84.8 Å². The van der Waals surface area contributed by atoms with Crippen molar-refractivity contribution in [3.05, 3.63) is 40.3 Å². The number of nitrogens with zero attached hydrogens (tertiary/aromatic N) is 1. The van der Waals surface area contributed by atoms with Gasteiger partial charge in [0.25, 0.3) is 0 Å². The third kappa shape index (κ3) is 2.00. The molecule has 1 aromatic heterocycles. The summed E-state index contributed by atoms with van der Waals surface area (Å²) >= 11 is 1.19. The van der Waals surface area contributed by atoms with Gasteiger partial charge < -0.3 is 5.32 Å². The SMILES string of the molecule is Cc1ccc(Nc2nc(=O)[nH]s2)cc1. The molecule has 0 aliphatic rings. The molecule has 2 aromatic rings. The lowest BCUT2D eigenvalue weighted by Crippen LogP contribution is -2.01. The van der Waals surface area contributed by atoms with Crippen LogP contribution in [0.1, 0.15) is 5.56 Å². The van der Waals surface area contributed by atoms with E-state index in [1.165, 1.54) is 17.1 Å². The highest BCUT2D eigenvalue weighted by atomic mass is 32.1. The van der Waals surface area contributed by atoms with Crippen molar-refractivity contribution in [2.24, 2.45) is 0 Å². The fourth-order valence-corrected chi connectivity index (χ4v) is 1.57. The minimum absolute atomic E-state index is 0.315. The van der Waals surface area contributed by atoms with Gasteiger partial charge in [-0.15, -0.1) is 0 Å². The molecule has 5 heteroatoms. The summed E-state index contributed by atoms with van der Waals surface area (Å²) in [5.74, 6) is 0. The van der Waals surface area contributed by atoms with E-state index in [0.717, 1.165) is 5.69 Å². The van der Waals surface area contributed by atoms with Crippen LogP contribution in [0.2, 0.25) is 0 Å². The Hall–Kier alpha value is -1.62. The molecular weight excluding hydrogens is 198 g/mol. The molecule has 0 saturated heterocycles. The molecular formula is C9H9N3OS. The minimum atomic E-state index is -0.315. The lowest BCUT2D eigenvalue weighted by Gasteiger charge is -2.00. The van der Waals surface area contributed by atoms with E-state index in [0.29, 0.717) is 5.13 Å². The van der Waals surface area contributed by atoms with Crippen LogP contribution < -0.4 is 11.0 Å². The van der Waals surface area contributed by atoms with Gasteiger partial charge in [-0.3, -0.25) is 4.37 Å². The normalized spacial score (nSPS) is 10.1. The summed E-state index contributed by atoms with van der Waals surface area (Å²) < 4.78 is 2.51. The van der Waals surface area contributed by atoms with Crippen molar-refractivity contribution in [2.75, 3.05) is 5.32 Å². The predicted octanol–water partition coefficient (Wildman–Crippen LogP) is 1.88. The Kier molecular flexibility index (Phi) is 2.32. The summed E-state index contributed by atoms with van der Waals surface area (Å²) in [4.78, 5) is 14.5. The van der Waals surface area contributed by atoms with Crippen molar-refractivity contribution in [1.29, 1.82) is 0 Å². The second-order valence-electron chi connectivity index (χ2n) is 2.92. The van der Waals surface area contributed by atoms with Crippen molar-refractivity contribution in [3.63, 3.8) is 0 Å². The molecule has 0 aliphatic heterocycles. The molecule has 72 valence electrons. The lowest BCUT2D eigenvalue weighted by atomic mass is 10.2. The molecule has 0 spiro atoms. The average Bonchev–Trinajstić information content (AvgIpc) is 2.56. The summed E-state index contributed by atoms with van der Waals surface area (Å²) in [5, 5.41) is 3.61. The molecule has 0 aliphatic carbocycles. The van der Waals surface area contributed by atoms with Gasteiger partial charge in [0.15, 0.2) is 0 Å². The second-order valence-corrected chi connectivity index (χ2v) is 3.71. The molecule has 0 saturated carbocycles. The molecule has 0 bridgehead atoms. The zero-order chi connectivity index (χ0) is 9.97. The standard InChI is InChI=1S/C9H9N3OS/c1-6-2-4-7(5-3-6)10-9-11-8(13)12-14-9/h2-5H,1H3,(H2,10,11,12,13). The van der Waals surface area contributed by atoms with E-state index in [2.05, 4.69) is 14.7 Å². The Morgan fingerprint density at radius 3 is 2.64 bits per heavy atom. The maximum atomic E-state index is 10.7. The van der Waals surface area contributed by atoms with Crippen LogP contribution in [0.5, 0.6) is 0 Å². The minimum Gasteiger partial charge on any atom is -0.330 e. The maximum absolute atomic E-state index is 10.7. The highest BCUT2D eigenvalue weighted by molar-refractivity contribution is 7.09. The molecule has 0 amide bonds. The van der Waals surface area contributed by atoms with Crippen LogP contribution >= 0.6 is 11.5 Å². The van der Waals surface area contributed by atoms with E-state index in [-0.39, 0.29) is 5.69 Å². The molecule has 0 atom stereocenters. The number of anilines is 2. The van der Waals surface area contributed by atoms with Crippen molar-refractivity contribution in [1.82, 2.24) is 9.36 Å². The molecule has 2 rings (SSSR count). The highest BCUT2D eigenvalue weighted by Crippen LogP contribution is 2.15. The number of aromatic nitrogens is 2. The fraction of sp³-hybridized carbons (Fsp3) is 0.111. The second kappa shape index (κ2) is 3.63. The quantitative estimate of drug-likeness (QED) is 0.790. The van der Waals surface area contributed by atoms with Gasteiger partial charge in [0, 0.05) is 5.69 Å². The summed E-state index contributed by atoms with van der Waals surface area (Å²) in [6.07, 6.45) is 0. The van der Waals surface area contributed by atoms with Gasteiger partial charge >= 0.3 is 5.69 Å². The number of hydrogen-bond acceptors (Lipinski definition) is 4. The van der Waals surface area contributed by atoms with Crippen LogP contribution in [0.3, 0.4) is 0 Å². The third-order valence-electron chi connectivity index (χ3n) is 1.74. The van der Waals surface area contributed by atoms with E-state index in [9.17, 15) is 4.79 Å². The van der Waals surface area contributed by atoms with E-state index in [4.69, 9.17) is 0 Å². The number of nitrogens with one attached hydrogen (secondary N) is 2. The third-order valence-corrected chi connectivity index (χ3v) is 2.40. The van der Waals surface area contributed by atoms with Crippen molar-refractivity contribution < 1.29 is 0 Å². The van der Waals surface area contributed by atoms with Gasteiger partial charge in [-0.05, 0) is 30.6 Å². The number of benzene rings is 1. The van der Waals surface area contributed by atoms with Gasteiger partial charge in [0.05, 0.1) is 0 Å². The summed E-state index contributed by atoms with van der Waals surface area (Å²) in [5.41, 5.74) is 1.81. The number of hydrogen-bond donors (Lipinski definition) is 2. The van der Waals surface area contributed by atoms with E-state index in [1.54, 1.807) is 0 Å². The largest absolute Gasteiger partial charge is 0.357 e. The van der Waals surface area contributed by atoms with Crippen LogP contribution in [0.4, 0.5) is 10.8 Å². The molecule has 0 unspecified atom stereocenters. The summed E-state index contributed by atoms with van der Waals surface area (Å²) in [6.45, 7) is 2.02. The monoisotopic (exact) mass is 207 g/mol. The number of H-pyrrole nitrogens is 1. The van der Waals surface area contributed by atoms with E-state index >= 15 is 0 Å². The van der Waals surface area contributed by atoms with Crippen molar-refractivity contribution >= 4 is 22.4 Å². The Morgan fingerprint density at radius 1 is 1.36 bits per heavy atom. The van der Waals surface area contributed by atoms with Crippen LogP contribution in [0.25, 0.3) is 0 Å². The first-order chi connectivity index (χ1) is 6.74. The predicted molar refractivity (Wildman–Crippen MR) is 57.2 cm³/mol.